The van der Waals surface area contributed by atoms with Gasteiger partial charge in [0.25, 0.3) is 0 Å². The predicted molar refractivity (Wildman–Crippen MR) is 55.2 cm³/mol. The number of aromatic nitrogens is 2. The molecule has 0 atom stereocenters. The number of nitrogens with one attached hydrogen (secondary N) is 1. The summed E-state index contributed by atoms with van der Waals surface area (Å²) in [5.74, 6) is 0. The van der Waals surface area contributed by atoms with Gasteiger partial charge in [0.1, 0.15) is 5.52 Å². The molecule has 5 nitrogen and oxygen atoms in total. The van der Waals surface area contributed by atoms with Crippen molar-refractivity contribution >= 4 is 32.7 Å². The van der Waals surface area contributed by atoms with E-state index in [4.69, 9.17) is 0 Å². The standard InChI is InChI=1S/C8H6BrN3O2/c1-4-2-5(9)8(12(13)14)7-6(4)10-3-11-7/h2-3H,1H3,(H,10,11). The molecule has 72 valence electrons. The van der Waals surface area contributed by atoms with Crippen LogP contribution in [0.3, 0.4) is 0 Å². The highest BCUT2D eigenvalue weighted by atomic mass is 79.9. The summed E-state index contributed by atoms with van der Waals surface area (Å²) in [6, 6.07) is 1.70. The molecular formula is C8H6BrN3O2. The van der Waals surface area contributed by atoms with E-state index in [-0.39, 0.29) is 5.69 Å². The van der Waals surface area contributed by atoms with Gasteiger partial charge in [0.05, 0.1) is 21.2 Å². The minimum Gasteiger partial charge on any atom is -0.339 e. The lowest BCUT2D eigenvalue weighted by Gasteiger charge is -1.99. The van der Waals surface area contributed by atoms with Crippen molar-refractivity contribution in [2.24, 2.45) is 0 Å². The molecule has 0 aliphatic rings. The van der Waals surface area contributed by atoms with E-state index in [9.17, 15) is 10.1 Å². The first-order chi connectivity index (χ1) is 6.61. The van der Waals surface area contributed by atoms with E-state index in [0.29, 0.717) is 15.5 Å². The van der Waals surface area contributed by atoms with Crippen LogP contribution in [0.15, 0.2) is 16.9 Å². The van der Waals surface area contributed by atoms with Crippen LogP contribution in [-0.4, -0.2) is 14.9 Å². The number of nitro groups is 1. The van der Waals surface area contributed by atoms with Gasteiger partial charge in [-0.1, -0.05) is 0 Å². The summed E-state index contributed by atoms with van der Waals surface area (Å²) in [6.07, 6.45) is 1.46. The second-order valence-corrected chi connectivity index (χ2v) is 3.76. The zero-order chi connectivity index (χ0) is 10.3. The minimum atomic E-state index is -0.427. The number of rotatable bonds is 1. The third-order valence-electron chi connectivity index (χ3n) is 2.00. The third-order valence-corrected chi connectivity index (χ3v) is 2.61. The molecule has 0 bridgehead atoms. The summed E-state index contributed by atoms with van der Waals surface area (Å²) < 4.78 is 0.469. The van der Waals surface area contributed by atoms with E-state index < -0.39 is 4.92 Å². The fourth-order valence-corrected chi connectivity index (χ4v) is 2.08. The van der Waals surface area contributed by atoms with E-state index in [1.165, 1.54) is 6.33 Å². The average molecular weight is 256 g/mol. The Labute approximate surface area is 87.4 Å². The molecule has 2 aromatic rings. The van der Waals surface area contributed by atoms with Gasteiger partial charge in [-0.25, -0.2) is 4.98 Å². The molecule has 0 unspecified atom stereocenters. The van der Waals surface area contributed by atoms with Crippen molar-refractivity contribution in [2.75, 3.05) is 0 Å². The molecule has 0 fully saturated rings. The van der Waals surface area contributed by atoms with Crippen LogP contribution in [0, 0.1) is 17.0 Å². The van der Waals surface area contributed by atoms with Crippen LogP contribution in [0.25, 0.3) is 11.0 Å². The molecule has 1 N–H and O–H groups in total. The number of benzene rings is 1. The molecule has 6 heteroatoms. The summed E-state index contributed by atoms with van der Waals surface area (Å²) in [7, 11) is 0. The Morgan fingerprint density at radius 2 is 2.36 bits per heavy atom. The SMILES string of the molecule is Cc1cc(Br)c([N+](=O)[O-])c2[nH]cnc12. The van der Waals surface area contributed by atoms with Crippen molar-refractivity contribution in [3.8, 4) is 0 Å². The van der Waals surface area contributed by atoms with E-state index in [1.54, 1.807) is 6.07 Å². The van der Waals surface area contributed by atoms with E-state index >= 15 is 0 Å². The summed E-state index contributed by atoms with van der Waals surface area (Å²) >= 11 is 3.16. The number of H-pyrrole nitrogens is 1. The van der Waals surface area contributed by atoms with Crippen LogP contribution >= 0.6 is 15.9 Å². The van der Waals surface area contributed by atoms with Gasteiger partial charge in [0, 0.05) is 0 Å². The Morgan fingerprint density at radius 3 is 3.00 bits per heavy atom. The second-order valence-electron chi connectivity index (χ2n) is 2.91. The molecule has 0 aliphatic carbocycles. The molecule has 0 saturated carbocycles. The van der Waals surface area contributed by atoms with Crippen LogP contribution in [0.1, 0.15) is 5.56 Å². The van der Waals surface area contributed by atoms with Crippen molar-refractivity contribution in [1.82, 2.24) is 9.97 Å². The molecule has 0 radical (unpaired) electrons. The monoisotopic (exact) mass is 255 g/mol. The zero-order valence-corrected chi connectivity index (χ0v) is 8.83. The number of hydrogen-bond acceptors (Lipinski definition) is 3. The van der Waals surface area contributed by atoms with Crippen LogP contribution in [0.5, 0.6) is 0 Å². The van der Waals surface area contributed by atoms with Gasteiger partial charge >= 0.3 is 5.69 Å². The molecule has 14 heavy (non-hydrogen) atoms. The smallest absolute Gasteiger partial charge is 0.309 e. The van der Waals surface area contributed by atoms with Gasteiger partial charge in [-0.05, 0) is 34.5 Å². The van der Waals surface area contributed by atoms with E-state index in [1.807, 2.05) is 6.92 Å². The topological polar surface area (TPSA) is 71.8 Å². The van der Waals surface area contributed by atoms with Crippen molar-refractivity contribution in [3.05, 3.63) is 32.5 Å². The number of nitrogens with zero attached hydrogens (tertiary/aromatic N) is 2. The van der Waals surface area contributed by atoms with Gasteiger partial charge < -0.3 is 4.98 Å². The molecule has 0 aliphatic heterocycles. The third kappa shape index (κ3) is 1.19. The molecule has 0 amide bonds. The number of halogens is 1. The second kappa shape index (κ2) is 3.06. The Bertz CT molecular complexity index is 521. The first kappa shape index (κ1) is 9.14. The Kier molecular flexibility index (Phi) is 1.99. The maximum atomic E-state index is 10.8. The molecule has 0 spiro atoms. The van der Waals surface area contributed by atoms with Crippen LogP contribution in [0.2, 0.25) is 0 Å². The number of hydrogen-bond donors (Lipinski definition) is 1. The number of imidazole rings is 1. The van der Waals surface area contributed by atoms with E-state index in [0.717, 1.165) is 5.56 Å². The van der Waals surface area contributed by atoms with Crippen molar-refractivity contribution in [1.29, 1.82) is 0 Å². The first-order valence-corrected chi connectivity index (χ1v) is 4.67. The minimum absolute atomic E-state index is 0.0306. The highest BCUT2D eigenvalue weighted by Gasteiger charge is 2.19. The molecule has 1 heterocycles. The largest absolute Gasteiger partial charge is 0.339 e. The lowest BCUT2D eigenvalue weighted by Crippen LogP contribution is -1.92. The highest BCUT2D eigenvalue weighted by Crippen LogP contribution is 2.33. The quantitative estimate of drug-likeness (QED) is 0.629. The van der Waals surface area contributed by atoms with Gasteiger partial charge in [-0.2, -0.15) is 0 Å². The molecule has 2 rings (SSSR count). The number of fused-ring (bicyclic) bond motifs is 1. The summed E-state index contributed by atoms with van der Waals surface area (Å²) in [6.45, 7) is 1.86. The highest BCUT2D eigenvalue weighted by molar-refractivity contribution is 9.10. The zero-order valence-electron chi connectivity index (χ0n) is 7.24. The Hall–Kier alpha value is -1.43. The lowest BCUT2D eigenvalue weighted by molar-refractivity contribution is -0.384. The fourth-order valence-electron chi connectivity index (χ4n) is 1.40. The molecule has 0 saturated heterocycles. The van der Waals surface area contributed by atoms with Gasteiger partial charge in [-0.15, -0.1) is 0 Å². The van der Waals surface area contributed by atoms with Crippen LogP contribution in [0.4, 0.5) is 5.69 Å². The van der Waals surface area contributed by atoms with E-state index in [2.05, 4.69) is 25.9 Å². The molecule has 1 aromatic carbocycles. The van der Waals surface area contributed by atoms with Crippen molar-refractivity contribution in [2.45, 2.75) is 6.92 Å². The maximum Gasteiger partial charge on any atom is 0.309 e. The summed E-state index contributed by atoms with van der Waals surface area (Å²) in [4.78, 5) is 17.1. The van der Waals surface area contributed by atoms with Crippen molar-refractivity contribution in [3.63, 3.8) is 0 Å². The Morgan fingerprint density at radius 1 is 1.64 bits per heavy atom. The number of aromatic amines is 1. The first-order valence-electron chi connectivity index (χ1n) is 3.88. The van der Waals surface area contributed by atoms with Crippen molar-refractivity contribution < 1.29 is 4.92 Å². The average Bonchev–Trinajstić information content (AvgIpc) is 2.51. The van der Waals surface area contributed by atoms with Gasteiger partial charge in [0.15, 0.2) is 0 Å². The van der Waals surface area contributed by atoms with Crippen LogP contribution < -0.4 is 0 Å². The Balaban J connectivity index is 2.93. The van der Waals surface area contributed by atoms with Gasteiger partial charge in [-0.3, -0.25) is 10.1 Å². The van der Waals surface area contributed by atoms with Gasteiger partial charge in [0.2, 0.25) is 0 Å². The van der Waals surface area contributed by atoms with Crippen LogP contribution in [-0.2, 0) is 0 Å². The fraction of sp³-hybridized carbons (Fsp3) is 0.125. The molecule has 1 aromatic heterocycles. The lowest BCUT2D eigenvalue weighted by atomic mass is 10.2. The normalized spacial score (nSPS) is 10.7. The molecular weight excluding hydrogens is 250 g/mol. The maximum absolute atomic E-state index is 10.8. The number of aryl methyl sites for hydroxylation is 1. The summed E-state index contributed by atoms with van der Waals surface area (Å²) in [5.41, 5.74) is 2.03. The summed E-state index contributed by atoms with van der Waals surface area (Å²) in [5, 5.41) is 10.8. The predicted octanol–water partition coefficient (Wildman–Crippen LogP) is 2.54. The number of nitro benzene ring substituents is 1.